The van der Waals surface area contributed by atoms with Crippen molar-refractivity contribution in [2.45, 2.75) is 37.9 Å². The smallest absolute Gasteiger partial charge is 0.233 e. The molecule has 0 unspecified atom stereocenters. The number of β-amino-alcohol motifs (C(OH)–C–C–N with tert-alkyl or cyclic N) is 1. The van der Waals surface area contributed by atoms with Crippen LogP contribution in [-0.4, -0.2) is 74.4 Å². The number of benzene rings is 1. The van der Waals surface area contributed by atoms with Crippen LogP contribution in [0.2, 0.25) is 0 Å². The first kappa shape index (κ1) is 20.9. The van der Waals surface area contributed by atoms with Crippen molar-refractivity contribution in [1.29, 1.82) is 0 Å². The first-order valence-electron chi connectivity index (χ1n) is 9.78. The van der Waals surface area contributed by atoms with E-state index in [9.17, 15) is 9.90 Å². The van der Waals surface area contributed by atoms with E-state index in [0.29, 0.717) is 18.8 Å². The fourth-order valence-electron chi connectivity index (χ4n) is 3.56. The van der Waals surface area contributed by atoms with E-state index in [-0.39, 0.29) is 5.91 Å². The van der Waals surface area contributed by atoms with Crippen LogP contribution in [0.25, 0.3) is 5.69 Å². The zero-order valence-electron chi connectivity index (χ0n) is 17.0. The number of aliphatic hydroxyl groups is 1. The Balaban J connectivity index is 1.57. The Labute approximate surface area is 171 Å². The number of aromatic nitrogens is 2. The van der Waals surface area contributed by atoms with Crippen molar-refractivity contribution >= 4 is 17.7 Å². The maximum absolute atomic E-state index is 12.8. The Bertz CT molecular complexity index is 800. The highest BCUT2D eigenvalue weighted by molar-refractivity contribution is 7.99. The maximum Gasteiger partial charge on any atom is 0.233 e. The van der Waals surface area contributed by atoms with Crippen molar-refractivity contribution < 1.29 is 9.90 Å². The summed E-state index contributed by atoms with van der Waals surface area (Å²) in [5.41, 5.74) is 1.56. The lowest BCUT2D eigenvalue weighted by Gasteiger charge is -2.27. The number of hydrogen-bond donors (Lipinski definition) is 1. The van der Waals surface area contributed by atoms with Crippen LogP contribution < -0.4 is 0 Å². The van der Waals surface area contributed by atoms with Crippen molar-refractivity contribution in [2.75, 3.05) is 38.5 Å². The molecule has 0 aliphatic carbocycles. The van der Waals surface area contributed by atoms with Gasteiger partial charge in [0.1, 0.15) is 0 Å². The molecule has 0 saturated carbocycles. The Morgan fingerprint density at radius 1 is 1.21 bits per heavy atom. The number of carbonyl (C=O) groups excluding carboxylic acids is 1. The molecule has 1 aliphatic heterocycles. The molecule has 0 bridgehead atoms. The topological polar surface area (TPSA) is 61.6 Å². The molecular formula is C21H30N4O2S. The number of aryl methyl sites for hydroxylation is 1. The number of hydrogen-bond acceptors (Lipinski definition) is 5. The lowest BCUT2D eigenvalue weighted by Crippen LogP contribution is -2.41. The van der Waals surface area contributed by atoms with Crippen LogP contribution in [0.5, 0.6) is 0 Å². The lowest BCUT2D eigenvalue weighted by atomic mass is 10.1. The summed E-state index contributed by atoms with van der Waals surface area (Å²) >= 11 is 1.48. The predicted octanol–water partition coefficient (Wildman–Crippen LogP) is 2.58. The molecule has 3 rings (SSSR count). The van der Waals surface area contributed by atoms with Crippen molar-refractivity contribution in [3.05, 3.63) is 42.2 Å². The highest BCUT2D eigenvalue weighted by Crippen LogP contribution is 2.23. The van der Waals surface area contributed by atoms with Crippen LogP contribution in [0.3, 0.4) is 0 Å². The molecule has 1 aliphatic rings. The number of thioether (sulfide) groups is 1. The number of rotatable bonds is 6. The van der Waals surface area contributed by atoms with E-state index in [1.165, 1.54) is 17.3 Å². The van der Waals surface area contributed by atoms with Crippen molar-refractivity contribution in [2.24, 2.45) is 0 Å². The molecule has 1 fully saturated rings. The number of imidazole rings is 1. The Kier molecular flexibility index (Phi) is 6.80. The van der Waals surface area contributed by atoms with E-state index >= 15 is 0 Å². The third-order valence-corrected chi connectivity index (χ3v) is 5.81. The minimum Gasteiger partial charge on any atom is -0.389 e. The van der Waals surface area contributed by atoms with Crippen molar-refractivity contribution in [3.63, 3.8) is 0 Å². The second-order valence-electron chi connectivity index (χ2n) is 7.98. The number of para-hydroxylation sites is 1. The van der Waals surface area contributed by atoms with Gasteiger partial charge in [0, 0.05) is 45.1 Å². The molecule has 2 heterocycles. The molecule has 0 atom stereocenters. The SMILES string of the molecule is Cc1ccccc1-n1ccnc1SCC(=O)N1CCCN(CC(C)(C)O)CC1. The molecule has 7 heteroatoms. The summed E-state index contributed by atoms with van der Waals surface area (Å²) in [7, 11) is 0. The summed E-state index contributed by atoms with van der Waals surface area (Å²) in [6, 6.07) is 8.17. The molecule has 2 aromatic rings. The Hall–Kier alpha value is -1.83. The standard InChI is InChI=1S/C21H30N4O2S/c1-17-7-4-5-8-18(17)25-12-9-22-20(25)28-15-19(26)24-11-6-10-23(13-14-24)16-21(2,3)27/h4-5,7-9,12,27H,6,10-11,13-16H2,1-3H3. The molecule has 0 radical (unpaired) electrons. The highest BCUT2D eigenvalue weighted by Gasteiger charge is 2.23. The summed E-state index contributed by atoms with van der Waals surface area (Å²) in [5, 5.41) is 10.9. The quantitative estimate of drug-likeness (QED) is 0.753. The lowest BCUT2D eigenvalue weighted by molar-refractivity contribution is -0.128. The van der Waals surface area contributed by atoms with Gasteiger partial charge >= 0.3 is 0 Å². The average Bonchev–Trinajstić information content (AvgIpc) is 2.97. The number of carbonyl (C=O) groups is 1. The summed E-state index contributed by atoms with van der Waals surface area (Å²) in [6.45, 7) is 9.57. The second kappa shape index (κ2) is 9.11. The summed E-state index contributed by atoms with van der Waals surface area (Å²) in [6.07, 6.45) is 4.65. The van der Waals surface area contributed by atoms with Gasteiger partial charge < -0.3 is 10.0 Å². The van der Waals surface area contributed by atoms with E-state index in [2.05, 4.69) is 28.9 Å². The van der Waals surface area contributed by atoms with Crippen LogP contribution in [0, 0.1) is 6.92 Å². The molecular weight excluding hydrogens is 372 g/mol. The first-order chi connectivity index (χ1) is 13.3. The third kappa shape index (κ3) is 5.59. The molecule has 1 aromatic carbocycles. The molecule has 1 N–H and O–H groups in total. The van der Waals surface area contributed by atoms with Gasteiger partial charge in [-0.25, -0.2) is 4.98 Å². The van der Waals surface area contributed by atoms with Gasteiger partial charge in [-0.1, -0.05) is 30.0 Å². The molecule has 0 spiro atoms. The second-order valence-corrected chi connectivity index (χ2v) is 8.92. The average molecular weight is 403 g/mol. The maximum atomic E-state index is 12.8. The van der Waals surface area contributed by atoms with Gasteiger partial charge in [-0.15, -0.1) is 0 Å². The van der Waals surface area contributed by atoms with Crippen LogP contribution in [0.4, 0.5) is 0 Å². The zero-order chi connectivity index (χ0) is 20.1. The largest absolute Gasteiger partial charge is 0.389 e. The van der Waals surface area contributed by atoms with Gasteiger partial charge in [-0.3, -0.25) is 14.3 Å². The minimum atomic E-state index is -0.707. The zero-order valence-corrected chi connectivity index (χ0v) is 17.8. The summed E-state index contributed by atoms with van der Waals surface area (Å²) < 4.78 is 2.04. The van der Waals surface area contributed by atoms with E-state index < -0.39 is 5.60 Å². The third-order valence-electron chi connectivity index (χ3n) is 4.86. The molecule has 1 amide bonds. The normalized spacial score (nSPS) is 16.2. The fraction of sp³-hybridized carbons (Fsp3) is 0.524. The Morgan fingerprint density at radius 3 is 2.75 bits per heavy atom. The number of nitrogens with zero attached hydrogens (tertiary/aromatic N) is 4. The van der Waals surface area contributed by atoms with Gasteiger partial charge in [0.25, 0.3) is 0 Å². The van der Waals surface area contributed by atoms with E-state index in [4.69, 9.17) is 0 Å². The molecule has 28 heavy (non-hydrogen) atoms. The minimum absolute atomic E-state index is 0.148. The first-order valence-corrected chi connectivity index (χ1v) is 10.8. The van der Waals surface area contributed by atoms with Gasteiger partial charge in [-0.2, -0.15) is 0 Å². The van der Waals surface area contributed by atoms with Crippen LogP contribution in [0.1, 0.15) is 25.8 Å². The van der Waals surface area contributed by atoms with Crippen molar-refractivity contribution in [3.8, 4) is 5.69 Å². The van der Waals surface area contributed by atoms with Crippen LogP contribution in [-0.2, 0) is 4.79 Å². The summed E-state index contributed by atoms with van der Waals surface area (Å²) in [4.78, 5) is 21.4. The van der Waals surface area contributed by atoms with E-state index in [1.54, 1.807) is 6.20 Å². The van der Waals surface area contributed by atoms with Gasteiger partial charge in [0.05, 0.1) is 17.0 Å². The van der Waals surface area contributed by atoms with E-state index in [1.807, 2.05) is 41.6 Å². The highest BCUT2D eigenvalue weighted by atomic mass is 32.2. The van der Waals surface area contributed by atoms with E-state index in [0.717, 1.165) is 36.9 Å². The molecule has 6 nitrogen and oxygen atoms in total. The van der Waals surface area contributed by atoms with Gasteiger partial charge in [0.2, 0.25) is 5.91 Å². The van der Waals surface area contributed by atoms with Crippen LogP contribution in [0.15, 0.2) is 41.8 Å². The molecule has 1 aromatic heterocycles. The fourth-order valence-corrected chi connectivity index (χ4v) is 4.43. The molecule has 1 saturated heterocycles. The van der Waals surface area contributed by atoms with Crippen molar-refractivity contribution in [1.82, 2.24) is 19.4 Å². The Morgan fingerprint density at radius 2 is 2.00 bits per heavy atom. The van der Waals surface area contributed by atoms with Gasteiger partial charge in [0.15, 0.2) is 5.16 Å². The van der Waals surface area contributed by atoms with Gasteiger partial charge in [-0.05, 0) is 38.8 Å². The number of amides is 1. The predicted molar refractivity (Wildman–Crippen MR) is 113 cm³/mol. The monoisotopic (exact) mass is 402 g/mol. The summed E-state index contributed by atoms with van der Waals surface area (Å²) in [5.74, 6) is 0.531. The molecule has 152 valence electrons. The van der Waals surface area contributed by atoms with Crippen LogP contribution >= 0.6 is 11.8 Å².